The van der Waals surface area contributed by atoms with Crippen LogP contribution in [0.1, 0.15) is 30.3 Å². The summed E-state index contributed by atoms with van der Waals surface area (Å²) >= 11 is 1.77. The maximum atomic E-state index is 13.9. The first-order chi connectivity index (χ1) is 13.7. The highest BCUT2D eigenvalue weighted by Crippen LogP contribution is 2.26. The number of hydrogen-bond acceptors (Lipinski definition) is 4. The van der Waals surface area contributed by atoms with Crippen molar-refractivity contribution in [1.82, 2.24) is 15.5 Å². The largest absolute Gasteiger partial charge is 0.376 e. The second-order valence-electron chi connectivity index (χ2n) is 6.88. The number of thiophene rings is 1. The first-order valence-electron chi connectivity index (χ1n) is 9.82. The molecule has 2 unspecified atom stereocenters. The smallest absolute Gasteiger partial charge is 0.191 e. The Hall–Kier alpha value is -1.23. The normalized spacial score (nSPS) is 18.7. The van der Waals surface area contributed by atoms with Gasteiger partial charge in [0.15, 0.2) is 5.96 Å². The molecular weight excluding hydrogens is 502 g/mol. The standard InChI is InChI=1S/C21H29FN4OS.HI/c1-3-23-21(24-13-17-7-4-5-8-18(17)22)25-14-19(20-9-6-12-28-20)26-10-11-27-16(2)15-26;/h4-9,12,16,19H,3,10-11,13-15H2,1-2H3,(H2,23,24,25);1H. The minimum atomic E-state index is -0.221. The number of nitrogens with zero attached hydrogens (tertiary/aromatic N) is 2. The average Bonchev–Trinajstić information content (AvgIpc) is 3.22. The lowest BCUT2D eigenvalue weighted by atomic mass is 10.1. The number of hydrogen-bond donors (Lipinski definition) is 2. The number of ether oxygens (including phenoxy) is 1. The van der Waals surface area contributed by atoms with Gasteiger partial charge in [-0.3, -0.25) is 4.90 Å². The summed E-state index contributed by atoms with van der Waals surface area (Å²) in [5.41, 5.74) is 0.594. The van der Waals surface area contributed by atoms with E-state index in [0.717, 1.165) is 32.8 Å². The molecule has 2 aromatic rings. The molecule has 29 heavy (non-hydrogen) atoms. The van der Waals surface area contributed by atoms with Gasteiger partial charge in [-0.25, -0.2) is 9.38 Å². The highest BCUT2D eigenvalue weighted by Gasteiger charge is 2.26. The maximum Gasteiger partial charge on any atom is 0.191 e. The molecule has 0 amide bonds. The Morgan fingerprint density at radius 2 is 2.14 bits per heavy atom. The molecule has 160 valence electrons. The Morgan fingerprint density at radius 1 is 1.31 bits per heavy atom. The minimum absolute atomic E-state index is 0. The second-order valence-corrected chi connectivity index (χ2v) is 7.85. The quantitative estimate of drug-likeness (QED) is 0.322. The number of aliphatic imine (C=N–C) groups is 1. The fourth-order valence-electron chi connectivity index (χ4n) is 3.34. The molecule has 1 saturated heterocycles. The molecule has 1 aromatic heterocycles. The fraction of sp³-hybridized carbons (Fsp3) is 0.476. The van der Waals surface area contributed by atoms with Gasteiger partial charge in [-0.05, 0) is 31.4 Å². The van der Waals surface area contributed by atoms with Gasteiger partial charge < -0.3 is 15.4 Å². The summed E-state index contributed by atoms with van der Waals surface area (Å²) in [6.45, 7) is 8.51. The molecule has 1 aliphatic heterocycles. The van der Waals surface area contributed by atoms with Crippen LogP contribution in [0.3, 0.4) is 0 Å². The van der Waals surface area contributed by atoms with Gasteiger partial charge in [0.25, 0.3) is 0 Å². The van der Waals surface area contributed by atoms with Crippen molar-refractivity contribution in [2.24, 2.45) is 4.99 Å². The van der Waals surface area contributed by atoms with Crippen LogP contribution in [0, 0.1) is 5.82 Å². The third-order valence-corrected chi connectivity index (χ3v) is 5.73. The molecule has 2 heterocycles. The van der Waals surface area contributed by atoms with Crippen LogP contribution in [-0.4, -0.2) is 49.7 Å². The molecule has 0 aliphatic carbocycles. The van der Waals surface area contributed by atoms with E-state index in [1.807, 2.05) is 13.0 Å². The van der Waals surface area contributed by atoms with E-state index in [9.17, 15) is 4.39 Å². The molecule has 8 heteroatoms. The van der Waals surface area contributed by atoms with Crippen molar-refractivity contribution in [2.45, 2.75) is 32.5 Å². The van der Waals surface area contributed by atoms with Gasteiger partial charge in [0.1, 0.15) is 5.82 Å². The molecule has 1 aliphatic rings. The molecule has 2 atom stereocenters. The molecule has 1 aromatic carbocycles. The zero-order chi connectivity index (χ0) is 19.8. The van der Waals surface area contributed by atoms with Crippen LogP contribution in [0.15, 0.2) is 46.8 Å². The van der Waals surface area contributed by atoms with Crippen LogP contribution < -0.4 is 10.6 Å². The van der Waals surface area contributed by atoms with E-state index in [0.29, 0.717) is 18.1 Å². The van der Waals surface area contributed by atoms with Crippen LogP contribution >= 0.6 is 35.3 Å². The summed E-state index contributed by atoms with van der Waals surface area (Å²) in [4.78, 5) is 8.36. The highest BCUT2D eigenvalue weighted by atomic mass is 127. The number of benzene rings is 1. The predicted octanol–water partition coefficient (Wildman–Crippen LogP) is 4.02. The van der Waals surface area contributed by atoms with Crippen molar-refractivity contribution in [2.75, 3.05) is 32.8 Å². The Bertz CT molecular complexity index is 759. The van der Waals surface area contributed by atoms with Gasteiger partial charge in [0.2, 0.25) is 0 Å². The summed E-state index contributed by atoms with van der Waals surface area (Å²) in [6, 6.07) is 11.3. The zero-order valence-corrected chi connectivity index (χ0v) is 20.1. The lowest BCUT2D eigenvalue weighted by molar-refractivity contribution is -0.0334. The molecule has 1 fully saturated rings. The topological polar surface area (TPSA) is 48.9 Å². The number of nitrogens with one attached hydrogen (secondary N) is 2. The Labute approximate surface area is 193 Å². The van der Waals surface area contributed by atoms with E-state index in [1.165, 1.54) is 10.9 Å². The van der Waals surface area contributed by atoms with Crippen molar-refractivity contribution in [3.63, 3.8) is 0 Å². The first kappa shape index (κ1) is 24.0. The fourth-order valence-corrected chi connectivity index (χ4v) is 4.21. The zero-order valence-electron chi connectivity index (χ0n) is 16.9. The van der Waals surface area contributed by atoms with E-state index in [-0.39, 0.29) is 41.9 Å². The molecule has 0 saturated carbocycles. The molecule has 2 N–H and O–H groups in total. The monoisotopic (exact) mass is 532 g/mol. The third kappa shape index (κ3) is 7.20. The highest BCUT2D eigenvalue weighted by molar-refractivity contribution is 14.0. The number of morpholine rings is 1. The predicted molar refractivity (Wildman–Crippen MR) is 129 cm³/mol. The van der Waals surface area contributed by atoms with Crippen LogP contribution in [0.25, 0.3) is 0 Å². The third-order valence-electron chi connectivity index (χ3n) is 4.76. The molecular formula is C21H30FIN4OS. The minimum Gasteiger partial charge on any atom is -0.376 e. The lowest BCUT2D eigenvalue weighted by Crippen LogP contribution is -2.48. The summed E-state index contributed by atoms with van der Waals surface area (Å²) in [7, 11) is 0. The molecule has 0 spiro atoms. The Kier molecular flexibility index (Phi) is 10.3. The van der Waals surface area contributed by atoms with E-state index >= 15 is 0 Å². The van der Waals surface area contributed by atoms with E-state index in [1.54, 1.807) is 23.5 Å². The Balaban J connectivity index is 0.00000300. The molecule has 0 radical (unpaired) electrons. The summed E-state index contributed by atoms with van der Waals surface area (Å²) in [6.07, 6.45) is 0.235. The second kappa shape index (κ2) is 12.5. The first-order valence-corrected chi connectivity index (χ1v) is 10.7. The number of guanidine groups is 1. The summed E-state index contributed by atoms with van der Waals surface area (Å²) in [5.74, 6) is 0.481. The van der Waals surface area contributed by atoms with E-state index < -0.39 is 0 Å². The molecule has 3 rings (SSSR count). The van der Waals surface area contributed by atoms with Gasteiger partial charge in [-0.1, -0.05) is 24.3 Å². The Morgan fingerprint density at radius 3 is 2.83 bits per heavy atom. The average molecular weight is 532 g/mol. The van der Waals surface area contributed by atoms with Crippen LogP contribution in [0.2, 0.25) is 0 Å². The van der Waals surface area contributed by atoms with Gasteiger partial charge in [0, 0.05) is 36.6 Å². The number of rotatable bonds is 7. The van der Waals surface area contributed by atoms with Crippen LogP contribution in [-0.2, 0) is 11.3 Å². The van der Waals surface area contributed by atoms with Crippen LogP contribution in [0.5, 0.6) is 0 Å². The van der Waals surface area contributed by atoms with Gasteiger partial charge in [-0.15, -0.1) is 35.3 Å². The SMILES string of the molecule is CCNC(=NCc1ccccc1F)NCC(c1cccs1)N1CCOC(C)C1.I. The van der Waals surface area contributed by atoms with E-state index in [2.05, 4.69) is 45.0 Å². The number of halogens is 2. The molecule has 5 nitrogen and oxygen atoms in total. The van der Waals surface area contributed by atoms with Gasteiger partial charge in [0.05, 0.1) is 25.3 Å². The van der Waals surface area contributed by atoms with Gasteiger partial charge in [-0.2, -0.15) is 0 Å². The van der Waals surface area contributed by atoms with Crippen molar-refractivity contribution in [1.29, 1.82) is 0 Å². The summed E-state index contributed by atoms with van der Waals surface area (Å²) < 4.78 is 19.6. The summed E-state index contributed by atoms with van der Waals surface area (Å²) in [5, 5.41) is 8.83. The van der Waals surface area contributed by atoms with Crippen molar-refractivity contribution in [3.05, 3.63) is 58.0 Å². The van der Waals surface area contributed by atoms with Crippen molar-refractivity contribution < 1.29 is 9.13 Å². The van der Waals surface area contributed by atoms with Gasteiger partial charge >= 0.3 is 0 Å². The van der Waals surface area contributed by atoms with Crippen LogP contribution in [0.4, 0.5) is 4.39 Å². The maximum absolute atomic E-state index is 13.9. The van der Waals surface area contributed by atoms with Crippen molar-refractivity contribution in [3.8, 4) is 0 Å². The van der Waals surface area contributed by atoms with E-state index in [4.69, 9.17) is 4.74 Å². The molecule has 0 bridgehead atoms. The van der Waals surface area contributed by atoms with Crippen molar-refractivity contribution >= 4 is 41.3 Å². The lowest BCUT2D eigenvalue weighted by Gasteiger charge is -2.37.